The second-order valence-corrected chi connectivity index (χ2v) is 6.83. The molecule has 4 atom stereocenters. The molecule has 1 aromatic carbocycles. The third-order valence-corrected chi connectivity index (χ3v) is 5.28. The Hall–Kier alpha value is -1.35. The van der Waals surface area contributed by atoms with Gasteiger partial charge in [-0.25, -0.2) is 0 Å². The van der Waals surface area contributed by atoms with Crippen molar-refractivity contribution in [2.45, 2.75) is 52.1 Å². The van der Waals surface area contributed by atoms with Crippen LogP contribution in [0.2, 0.25) is 0 Å². The van der Waals surface area contributed by atoms with E-state index in [4.69, 9.17) is 0 Å². The summed E-state index contributed by atoms with van der Waals surface area (Å²) in [6, 6.07) is 6.52. The molecule has 3 nitrogen and oxygen atoms in total. The standard InChI is InChI=1S/C18H26N2O/c1-11-7-8-15(12(2)9-11)13(3)20-18(21)17-16-6-4-5-14(16)10-19-17/h7-9,13-14,16-17,19H,4-6,10H2,1-3H3,(H,20,21). The minimum absolute atomic E-state index is 0.0192. The quantitative estimate of drug-likeness (QED) is 0.897. The molecular weight excluding hydrogens is 260 g/mol. The summed E-state index contributed by atoms with van der Waals surface area (Å²) < 4.78 is 0. The summed E-state index contributed by atoms with van der Waals surface area (Å²) in [4.78, 5) is 12.6. The van der Waals surface area contributed by atoms with Crippen LogP contribution in [0.5, 0.6) is 0 Å². The first-order valence-corrected chi connectivity index (χ1v) is 8.17. The smallest absolute Gasteiger partial charge is 0.237 e. The van der Waals surface area contributed by atoms with Gasteiger partial charge >= 0.3 is 0 Å². The Morgan fingerprint density at radius 2 is 2.14 bits per heavy atom. The zero-order chi connectivity index (χ0) is 15.0. The van der Waals surface area contributed by atoms with Gasteiger partial charge < -0.3 is 10.6 Å². The topological polar surface area (TPSA) is 41.1 Å². The zero-order valence-corrected chi connectivity index (χ0v) is 13.3. The molecule has 0 bridgehead atoms. The first-order valence-electron chi connectivity index (χ1n) is 8.17. The lowest BCUT2D eigenvalue weighted by atomic mass is 9.93. The Balaban J connectivity index is 1.67. The van der Waals surface area contributed by atoms with Crippen molar-refractivity contribution in [2.75, 3.05) is 6.54 Å². The van der Waals surface area contributed by atoms with Gasteiger partial charge in [0.15, 0.2) is 0 Å². The van der Waals surface area contributed by atoms with Crippen LogP contribution in [-0.4, -0.2) is 18.5 Å². The third kappa shape index (κ3) is 2.84. The average Bonchev–Trinajstić information content (AvgIpc) is 3.00. The van der Waals surface area contributed by atoms with Crippen LogP contribution < -0.4 is 10.6 Å². The molecule has 3 rings (SSSR count). The molecule has 2 fully saturated rings. The zero-order valence-electron chi connectivity index (χ0n) is 13.3. The Kier molecular flexibility index (Phi) is 4.03. The number of amides is 1. The van der Waals surface area contributed by atoms with Gasteiger partial charge in [-0.3, -0.25) is 4.79 Å². The number of carbonyl (C=O) groups excluding carboxylic acids is 1. The van der Waals surface area contributed by atoms with Crippen LogP contribution in [0, 0.1) is 25.7 Å². The maximum absolute atomic E-state index is 12.6. The fourth-order valence-electron chi connectivity index (χ4n) is 4.17. The molecule has 1 amide bonds. The van der Waals surface area contributed by atoms with Crippen molar-refractivity contribution in [2.24, 2.45) is 11.8 Å². The third-order valence-electron chi connectivity index (χ3n) is 5.28. The van der Waals surface area contributed by atoms with Gasteiger partial charge in [0.1, 0.15) is 0 Å². The van der Waals surface area contributed by atoms with Gasteiger partial charge in [-0.1, -0.05) is 30.2 Å². The summed E-state index contributed by atoms with van der Waals surface area (Å²) in [5.74, 6) is 1.45. The largest absolute Gasteiger partial charge is 0.348 e. The van der Waals surface area contributed by atoms with E-state index in [2.05, 4.69) is 49.6 Å². The minimum atomic E-state index is 0.0192. The number of benzene rings is 1. The van der Waals surface area contributed by atoms with E-state index in [0.29, 0.717) is 5.92 Å². The second kappa shape index (κ2) is 5.80. The first-order chi connectivity index (χ1) is 10.1. The van der Waals surface area contributed by atoms with Gasteiger partial charge in [-0.15, -0.1) is 0 Å². The molecule has 1 saturated heterocycles. The van der Waals surface area contributed by atoms with E-state index in [1.54, 1.807) is 0 Å². The summed E-state index contributed by atoms with van der Waals surface area (Å²) in [6.45, 7) is 7.31. The summed E-state index contributed by atoms with van der Waals surface area (Å²) in [5, 5.41) is 6.64. The van der Waals surface area contributed by atoms with Gasteiger partial charge in [-0.2, -0.15) is 0 Å². The van der Waals surface area contributed by atoms with Crippen LogP contribution in [-0.2, 0) is 4.79 Å². The summed E-state index contributed by atoms with van der Waals surface area (Å²) in [7, 11) is 0. The highest BCUT2D eigenvalue weighted by atomic mass is 16.2. The number of nitrogens with one attached hydrogen (secondary N) is 2. The van der Waals surface area contributed by atoms with E-state index in [0.717, 1.165) is 12.5 Å². The van der Waals surface area contributed by atoms with Gasteiger partial charge in [0.2, 0.25) is 5.91 Å². The molecule has 1 aromatic rings. The lowest BCUT2D eigenvalue weighted by Gasteiger charge is -2.22. The van der Waals surface area contributed by atoms with E-state index >= 15 is 0 Å². The van der Waals surface area contributed by atoms with Crippen molar-refractivity contribution in [3.63, 3.8) is 0 Å². The normalized spacial score (nSPS) is 29.2. The van der Waals surface area contributed by atoms with Gasteiger partial charge in [-0.05, 0) is 63.1 Å². The van der Waals surface area contributed by atoms with Gasteiger partial charge in [0, 0.05) is 0 Å². The molecule has 2 N–H and O–H groups in total. The van der Waals surface area contributed by atoms with E-state index in [9.17, 15) is 4.79 Å². The molecule has 2 aliphatic rings. The molecule has 0 aromatic heterocycles. The van der Waals surface area contributed by atoms with Crippen molar-refractivity contribution in [1.29, 1.82) is 0 Å². The number of fused-ring (bicyclic) bond motifs is 1. The molecule has 114 valence electrons. The number of rotatable bonds is 3. The Bertz CT molecular complexity index is 540. The predicted octanol–water partition coefficient (Wildman–Crippen LogP) is 2.87. The fraction of sp³-hybridized carbons (Fsp3) is 0.611. The highest BCUT2D eigenvalue weighted by Gasteiger charge is 2.42. The summed E-state index contributed by atoms with van der Waals surface area (Å²) >= 11 is 0. The average molecular weight is 286 g/mol. The lowest BCUT2D eigenvalue weighted by Crippen LogP contribution is -2.44. The van der Waals surface area contributed by atoms with Crippen LogP contribution in [0.15, 0.2) is 18.2 Å². The highest BCUT2D eigenvalue weighted by Crippen LogP contribution is 2.37. The van der Waals surface area contributed by atoms with Gasteiger partial charge in [0.05, 0.1) is 12.1 Å². The van der Waals surface area contributed by atoms with Crippen LogP contribution in [0.3, 0.4) is 0 Å². The Morgan fingerprint density at radius 1 is 1.33 bits per heavy atom. The van der Waals surface area contributed by atoms with Crippen LogP contribution in [0.4, 0.5) is 0 Å². The van der Waals surface area contributed by atoms with E-state index in [-0.39, 0.29) is 18.0 Å². The Labute approximate surface area is 127 Å². The number of carbonyl (C=O) groups is 1. The molecule has 3 heteroatoms. The van der Waals surface area contributed by atoms with Crippen LogP contribution in [0.1, 0.15) is 48.9 Å². The van der Waals surface area contributed by atoms with Crippen molar-refractivity contribution in [3.05, 3.63) is 34.9 Å². The first kappa shape index (κ1) is 14.6. The molecule has 1 aliphatic carbocycles. The van der Waals surface area contributed by atoms with Crippen LogP contribution >= 0.6 is 0 Å². The number of hydrogen-bond acceptors (Lipinski definition) is 2. The molecule has 0 radical (unpaired) electrons. The van der Waals surface area contributed by atoms with Crippen molar-refractivity contribution in [1.82, 2.24) is 10.6 Å². The second-order valence-electron chi connectivity index (χ2n) is 6.83. The monoisotopic (exact) mass is 286 g/mol. The van der Waals surface area contributed by atoms with Crippen molar-refractivity contribution >= 4 is 5.91 Å². The molecule has 1 heterocycles. The lowest BCUT2D eigenvalue weighted by molar-refractivity contribution is -0.124. The SMILES string of the molecule is Cc1ccc(C(C)NC(=O)C2NCC3CCCC32)c(C)c1. The predicted molar refractivity (Wildman–Crippen MR) is 85.1 cm³/mol. The number of aryl methyl sites for hydroxylation is 2. The summed E-state index contributed by atoms with van der Waals surface area (Å²) in [6.07, 6.45) is 3.77. The minimum Gasteiger partial charge on any atom is -0.348 e. The maximum Gasteiger partial charge on any atom is 0.237 e. The van der Waals surface area contributed by atoms with E-state index in [1.165, 1.54) is 36.0 Å². The molecular formula is C18H26N2O. The molecule has 0 spiro atoms. The van der Waals surface area contributed by atoms with E-state index in [1.807, 2.05) is 0 Å². The van der Waals surface area contributed by atoms with E-state index < -0.39 is 0 Å². The van der Waals surface area contributed by atoms with Crippen LogP contribution in [0.25, 0.3) is 0 Å². The Morgan fingerprint density at radius 3 is 2.90 bits per heavy atom. The van der Waals surface area contributed by atoms with Crippen molar-refractivity contribution in [3.8, 4) is 0 Å². The molecule has 1 saturated carbocycles. The molecule has 1 aliphatic heterocycles. The van der Waals surface area contributed by atoms with Crippen molar-refractivity contribution < 1.29 is 4.79 Å². The fourth-order valence-corrected chi connectivity index (χ4v) is 4.17. The van der Waals surface area contributed by atoms with Gasteiger partial charge in [0.25, 0.3) is 0 Å². The molecule has 4 unspecified atom stereocenters. The highest BCUT2D eigenvalue weighted by molar-refractivity contribution is 5.83. The maximum atomic E-state index is 12.6. The number of hydrogen-bond donors (Lipinski definition) is 2. The molecule has 21 heavy (non-hydrogen) atoms. The summed E-state index contributed by atoms with van der Waals surface area (Å²) in [5.41, 5.74) is 3.73.